The number of hydrogen-bond acceptors (Lipinski definition) is 7. The number of nitrogens with one attached hydrogen (secondary N) is 2. The fourth-order valence-corrected chi connectivity index (χ4v) is 4.64. The number of aryl methyl sites for hydroxylation is 1. The van der Waals surface area contributed by atoms with Crippen LogP contribution in [0.5, 0.6) is 5.75 Å². The van der Waals surface area contributed by atoms with Crippen LogP contribution in [0, 0.1) is 18.6 Å². The van der Waals surface area contributed by atoms with Crippen LogP contribution in [0.2, 0.25) is 0 Å². The molecule has 3 heterocycles. The topological polar surface area (TPSA) is 82.6 Å². The van der Waals surface area contributed by atoms with Crippen LogP contribution in [-0.2, 0) is 11.3 Å². The van der Waals surface area contributed by atoms with E-state index in [1.165, 1.54) is 12.1 Å². The van der Waals surface area contributed by atoms with Crippen molar-refractivity contribution in [3.8, 4) is 5.75 Å². The predicted octanol–water partition coefficient (Wildman–Crippen LogP) is 4.61. The molecule has 0 saturated carbocycles. The Balaban J connectivity index is 0.00000336. The molecule has 38 heavy (non-hydrogen) atoms. The van der Waals surface area contributed by atoms with Crippen LogP contribution in [0.3, 0.4) is 0 Å². The lowest BCUT2D eigenvalue weighted by Gasteiger charge is -2.33. The average molecular weight is 543 g/mol. The normalized spacial score (nSPS) is 17.4. The molecule has 5 rings (SSSR count). The van der Waals surface area contributed by atoms with Crippen molar-refractivity contribution >= 4 is 42.5 Å². The van der Waals surface area contributed by atoms with Gasteiger partial charge in [-0.15, -0.1) is 0 Å². The Kier molecular flexibility index (Phi) is 8.25. The van der Waals surface area contributed by atoms with E-state index in [4.69, 9.17) is 4.74 Å². The summed E-state index contributed by atoms with van der Waals surface area (Å²) in [5.74, 6) is 0.776. The summed E-state index contributed by atoms with van der Waals surface area (Å²) in [6.45, 7) is 5.57. The van der Waals surface area contributed by atoms with Crippen molar-refractivity contribution in [3.05, 3.63) is 65.4 Å². The summed E-state index contributed by atoms with van der Waals surface area (Å²) < 4.78 is 33.2. The third kappa shape index (κ3) is 5.93. The molecule has 0 bridgehead atoms. The minimum Gasteiger partial charge on any atom is -0.490 e. The minimum absolute atomic E-state index is 0. The molecule has 11 heteroatoms. The smallest absolute Gasteiger partial charge is 0.246 e. The molecule has 2 aromatic carbocycles. The van der Waals surface area contributed by atoms with Gasteiger partial charge in [0.15, 0.2) is 5.82 Å². The van der Waals surface area contributed by atoms with Crippen LogP contribution in [-0.4, -0.2) is 48.2 Å². The van der Waals surface area contributed by atoms with Crippen molar-refractivity contribution in [1.29, 1.82) is 0 Å². The highest BCUT2D eigenvalue weighted by atomic mass is 32.1. The number of benzene rings is 2. The van der Waals surface area contributed by atoms with Gasteiger partial charge in [0.1, 0.15) is 35.2 Å². The van der Waals surface area contributed by atoms with Gasteiger partial charge < -0.3 is 25.2 Å². The first-order valence-corrected chi connectivity index (χ1v) is 12.4. The molecule has 0 spiro atoms. The van der Waals surface area contributed by atoms with Crippen LogP contribution in [0.15, 0.2) is 42.5 Å². The Labute approximate surface area is 227 Å². The molecule has 0 radical (unpaired) electrons. The van der Waals surface area contributed by atoms with Gasteiger partial charge in [-0.25, -0.2) is 13.8 Å². The summed E-state index contributed by atoms with van der Waals surface area (Å²) in [6.07, 6.45) is 1.58. The second kappa shape index (κ2) is 11.4. The van der Waals surface area contributed by atoms with Gasteiger partial charge in [-0.1, -0.05) is 12.1 Å². The Hall–Kier alpha value is -3.60. The van der Waals surface area contributed by atoms with E-state index < -0.39 is 11.6 Å². The van der Waals surface area contributed by atoms with Crippen molar-refractivity contribution in [3.63, 3.8) is 0 Å². The SMILES string of the molecule is Cc1nc(NCc2ccc(OC3CCN(c4cc(F)cc(F)c4)CC3)cc2)nc2c1NC(=O)[C@H](C)N2C.S. The summed E-state index contributed by atoms with van der Waals surface area (Å²) >= 11 is 0. The maximum Gasteiger partial charge on any atom is 0.246 e. The standard InChI is InChI=1S/C27H30F2N6O2.H2S/c1-16-24-25(34(3)17(2)26(36)32-24)33-27(31-16)30-15-18-4-6-22(7-5-18)37-23-8-10-35(11-9-23)21-13-19(28)12-20(29)14-21;/h4-7,12-14,17,23H,8-11,15H2,1-3H3,(H,32,36)(H,30,31,33);1H2/t17-;/m0./s1. The van der Waals surface area contributed by atoms with Gasteiger partial charge in [-0.3, -0.25) is 4.79 Å². The lowest BCUT2D eigenvalue weighted by molar-refractivity contribution is -0.117. The highest BCUT2D eigenvalue weighted by Gasteiger charge is 2.30. The minimum atomic E-state index is -0.563. The van der Waals surface area contributed by atoms with Crippen LogP contribution in [0.25, 0.3) is 0 Å². The predicted molar refractivity (Wildman–Crippen MR) is 150 cm³/mol. The summed E-state index contributed by atoms with van der Waals surface area (Å²) in [7, 11) is 1.85. The molecule has 8 nitrogen and oxygen atoms in total. The molecule has 202 valence electrons. The van der Waals surface area contributed by atoms with Gasteiger partial charge in [-0.05, 0) is 43.7 Å². The second-order valence-electron chi connectivity index (χ2n) is 9.54. The highest BCUT2D eigenvalue weighted by molar-refractivity contribution is 7.59. The number of fused-ring (bicyclic) bond motifs is 1. The lowest BCUT2D eigenvalue weighted by atomic mass is 10.1. The van der Waals surface area contributed by atoms with Gasteiger partial charge in [0.05, 0.1) is 5.69 Å². The molecule has 1 atom stereocenters. The van der Waals surface area contributed by atoms with Crippen LogP contribution < -0.4 is 25.2 Å². The number of amides is 1. The molecule has 1 fully saturated rings. The fourth-order valence-electron chi connectivity index (χ4n) is 4.64. The van der Waals surface area contributed by atoms with Gasteiger partial charge in [-0.2, -0.15) is 18.5 Å². The number of nitrogens with zero attached hydrogens (tertiary/aromatic N) is 4. The first kappa shape index (κ1) is 27.4. The summed E-state index contributed by atoms with van der Waals surface area (Å²) in [5, 5.41) is 6.15. The van der Waals surface area contributed by atoms with Crippen molar-refractivity contribution in [1.82, 2.24) is 9.97 Å². The van der Waals surface area contributed by atoms with E-state index in [0.29, 0.717) is 48.5 Å². The third-order valence-electron chi connectivity index (χ3n) is 6.94. The van der Waals surface area contributed by atoms with Crippen molar-refractivity contribution in [2.45, 2.75) is 45.4 Å². The Morgan fingerprint density at radius 1 is 1.08 bits per heavy atom. The Morgan fingerprint density at radius 2 is 1.74 bits per heavy atom. The Bertz CT molecular complexity index is 1280. The average Bonchev–Trinajstić information content (AvgIpc) is 2.87. The zero-order valence-electron chi connectivity index (χ0n) is 21.6. The number of halogens is 2. The molecule has 2 aliphatic rings. The largest absolute Gasteiger partial charge is 0.490 e. The fraction of sp³-hybridized carbons (Fsp3) is 0.370. The Morgan fingerprint density at radius 3 is 2.39 bits per heavy atom. The molecular formula is C27H32F2N6O2S. The van der Waals surface area contributed by atoms with E-state index in [1.807, 2.05) is 55.0 Å². The molecule has 0 unspecified atom stereocenters. The highest BCUT2D eigenvalue weighted by Crippen LogP contribution is 2.32. The lowest BCUT2D eigenvalue weighted by Crippen LogP contribution is -2.44. The van der Waals surface area contributed by atoms with E-state index in [9.17, 15) is 13.6 Å². The van der Waals surface area contributed by atoms with E-state index in [2.05, 4.69) is 20.6 Å². The quantitative estimate of drug-likeness (QED) is 0.471. The third-order valence-corrected chi connectivity index (χ3v) is 6.94. The number of aromatic nitrogens is 2. The zero-order valence-corrected chi connectivity index (χ0v) is 22.6. The van der Waals surface area contributed by atoms with Crippen molar-refractivity contribution in [2.24, 2.45) is 0 Å². The molecule has 1 aromatic heterocycles. The van der Waals surface area contributed by atoms with E-state index in [-0.39, 0.29) is 31.5 Å². The monoisotopic (exact) mass is 542 g/mol. The maximum atomic E-state index is 13.5. The van der Waals surface area contributed by atoms with Gasteiger partial charge in [0, 0.05) is 51.3 Å². The van der Waals surface area contributed by atoms with E-state index in [0.717, 1.165) is 30.2 Å². The zero-order chi connectivity index (χ0) is 26.1. The molecule has 1 amide bonds. The van der Waals surface area contributed by atoms with Crippen LogP contribution in [0.4, 0.5) is 31.9 Å². The van der Waals surface area contributed by atoms with E-state index >= 15 is 0 Å². The van der Waals surface area contributed by atoms with E-state index in [1.54, 1.807) is 0 Å². The molecule has 2 aliphatic heterocycles. The molecule has 1 saturated heterocycles. The summed E-state index contributed by atoms with van der Waals surface area (Å²) in [4.78, 5) is 25.0. The summed E-state index contributed by atoms with van der Waals surface area (Å²) in [5.41, 5.74) is 2.96. The van der Waals surface area contributed by atoms with Crippen molar-refractivity contribution < 1.29 is 18.3 Å². The number of carbonyl (C=O) groups excluding carboxylic acids is 1. The number of rotatable bonds is 6. The van der Waals surface area contributed by atoms with Gasteiger partial charge >= 0.3 is 0 Å². The maximum absolute atomic E-state index is 13.5. The number of carbonyl (C=O) groups is 1. The first-order valence-electron chi connectivity index (χ1n) is 12.4. The molecule has 2 N–H and O–H groups in total. The van der Waals surface area contributed by atoms with Gasteiger partial charge in [0.25, 0.3) is 0 Å². The number of hydrogen-bond donors (Lipinski definition) is 2. The van der Waals surface area contributed by atoms with Crippen LogP contribution >= 0.6 is 13.5 Å². The number of ether oxygens (including phenoxy) is 1. The second-order valence-corrected chi connectivity index (χ2v) is 9.54. The first-order chi connectivity index (χ1) is 17.8. The molecular weight excluding hydrogens is 510 g/mol. The van der Waals surface area contributed by atoms with Crippen molar-refractivity contribution in [2.75, 3.05) is 40.6 Å². The number of likely N-dealkylation sites (N-methyl/N-ethyl adjacent to an activating group) is 1. The summed E-state index contributed by atoms with van der Waals surface area (Å²) in [6, 6.07) is 11.2. The van der Waals surface area contributed by atoms with Crippen LogP contribution in [0.1, 0.15) is 31.0 Å². The molecule has 3 aromatic rings. The molecule has 0 aliphatic carbocycles. The number of anilines is 4. The number of piperidine rings is 1. The van der Waals surface area contributed by atoms with Gasteiger partial charge in [0.2, 0.25) is 11.9 Å².